The first-order chi connectivity index (χ1) is 15.6. The SMILES string of the molecule is CCOc1ccc(NC(=O)CCc2c(C)nn(CC(C)C)c2C)cc1S(=O)(=O)N1CCCC1. The van der Waals surface area contributed by atoms with Crippen LogP contribution < -0.4 is 10.1 Å². The van der Waals surface area contributed by atoms with E-state index in [0.29, 0.717) is 43.5 Å². The minimum atomic E-state index is -3.68. The zero-order valence-corrected chi connectivity index (χ0v) is 21.2. The molecule has 1 amide bonds. The summed E-state index contributed by atoms with van der Waals surface area (Å²) in [5.74, 6) is 0.634. The average molecular weight is 477 g/mol. The van der Waals surface area contributed by atoms with Gasteiger partial charge in [0.05, 0.1) is 12.3 Å². The van der Waals surface area contributed by atoms with Crippen molar-refractivity contribution >= 4 is 21.6 Å². The molecule has 2 heterocycles. The van der Waals surface area contributed by atoms with Crippen LogP contribution >= 0.6 is 0 Å². The van der Waals surface area contributed by atoms with Gasteiger partial charge in [-0.15, -0.1) is 0 Å². The molecule has 3 rings (SSSR count). The summed E-state index contributed by atoms with van der Waals surface area (Å²) >= 11 is 0. The maximum Gasteiger partial charge on any atom is 0.246 e. The Labute approximate surface area is 197 Å². The van der Waals surface area contributed by atoms with Crippen LogP contribution in [0, 0.1) is 19.8 Å². The first kappa shape index (κ1) is 25.2. The Bertz CT molecular complexity index is 1090. The van der Waals surface area contributed by atoms with E-state index in [-0.39, 0.29) is 17.2 Å². The zero-order chi connectivity index (χ0) is 24.2. The highest BCUT2D eigenvalue weighted by molar-refractivity contribution is 7.89. The average Bonchev–Trinajstić information content (AvgIpc) is 3.37. The van der Waals surface area contributed by atoms with Crippen molar-refractivity contribution in [1.29, 1.82) is 0 Å². The van der Waals surface area contributed by atoms with Crippen LogP contribution in [-0.4, -0.2) is 48.1 Å². The van der Waals surface area contributed by atoms with E-state index in [1.54, 1.807) is 12.1 Å². The molecule has 1 aromatic carbocycles. The zero-order valence-electron chi connectivity index (χ0n) is 20.3. The van der Waals surface area contributed by atoms with Crippen molar-refractivity contribution in [3.8, 4) is 5.75 Å². The standard InChI is InChI=1S/C24H36N4O4S/c1-6-32-22-11-9-20(15-23(22)33(30,31)27-13-7-8-14-27)25-24(29)12-10-21-18(4)26-28(19(21)5)16-17(2)3/h9,11,15,17H,6-8,10,12-14,16H2,1-5H3,(H,25,29). The Morgan fingerprint density at radius 1 is 1.21 bits per heavy atom. The maximum absolute atomic E-state index is 13.2. The molecule has 8 nitrogen and oxygen atoms in total. The number of hydrogen-bond donors (Lipinski definition) is 1. The van der Waals surface area contributed by atoms with Crippen molar-refractivity contribution in [2.24, 2.45) is 5.92 Å². The molecule has 0 bridgehead atoms. The van der Waals surface area contributed by atoms with E-state index in [9.17, 15) is 13.2 Å². The van der Waals surface area contributed by atoms with Crippen LogP contribution in [0.1, 0.15) is 57.0 Å². The monoisotopic (exact) mass is 476 g/mol. The Balaban J connectivity index is 1.73. The topological polar surface area (TPSA) is 93.5 Å². The number of aromatic nitrogens is 2. The third-order valence-electron chi connectivity index (χ3n) is 5.88. The van der Waals surface area contributed by atoms with Crippen molar-refractivity contribution in [2.75, 3.05) is 25.0 Å². The molecule has 2 aromatic rings. The summed E-state index contributed by atoms with van der Waals surface area (Å²) in [5.41, 5.74) is 3.58. The lowest BCUT2D eigenvalue weighted by Crippen LogP contribution is -2.28. The van der Waals surface area contributed by atoms with Crippen LogP contribution in [0.2, 0.25) is 0 Å². The van der Waals surface area contributed by atoms with Gasteiger partial charge in [-0.3, -0.25) is 9.48 Å². The molecular formula is C24H36N4O4S. The molecule has 1 fully saturated rings. The van der Waals surface area contributed by atoms with Gasteiger partial charge in [-0.2, -0.15) is 9.40 Å². The van der Waals surface area contributed by atoms with Gasteiger partial charge >= 0.3 is 0 Å². The molecule has 0 atom stereocenters. The quantitative estimate of drug-likeness (QED) is 0.561. The second kappa shape index (κ2) is 10.7. The number of amides is 1. The van der Waals surface area contributed by atoms with Crippen molar-refractivity contribution in [3.63, 3.8) is 0 Å². The molecule has 1 saturated heterocycles. The molecule has 0 radical (unpaired) electrons. The summed E-state index contributed by atoms with van der Waals surface area (Å²) in [6.45, 7) is 12.3. The summed E-state index contributed by atoms with van der Waals surface area (Å²) in [5, 5.41) is 7.47. The molecular weight excluding hydrogens is 440 g/mol. The fraction of sp³-hybridized carbons (Fsp3) is 0.583. The van der Waals surface area contributed by atoms with E-state index in [1.165, 1.54) is 10.4 Å². The van der Waals surface area contributed by atoms with Gasteiger partial charge in [0.25, 0.3) is 0 Å². The number of carbonyl (C=O) groups is 1. The van der Waals surface area contributed by atoms with Crippen LogP contribution in [-0.2, 0) is 27.8 Å². The summed E-state index contributed by atoms with van der Waals surface area (Å²) in [6, 6.07) is 4.81. The smallest absolute Gasteiger partial charge is 0.246 e. The number of rotatable bonds is 10. The third kappa shape index (κ3) is 5.95. The molecule has 0 saturated carbocycles. The lowest BCUT2D eigenvalue weighted by Gasteiger charge is -2.19. The van der Waals surface area contributed by atoms with Crippen molar-refractivity contribution < 1.29 is 17.9 Å². The lowest BCUT2D eigenvalue weighted by atomic mass is 10.1. The van der Waals surface area contributed by atoms with E-state index in [0.717, 1.165) is 36.3 Å². The third-order valence-corrected chi connectivity index (χ3v) is 7.80. The minimum Gasteiger partial charge on any atom is -0.492 e. The summed E-state index contributed by atoms with van der Waals surface area (Å²) in [4.78, 5) is 12.8. The van der Waals surface area contributed by atoms with Crippen LogP contribution in [0.15, 0.2) is 23.1 Å². The summed E-state index contributed by atoms with van der Waals surface area (Å²) < 4.78 is 35.4. The van der Waals surface area contributed by atoms with E-state index < -0.39 is 10.0 Å². The maximum atomic E-state index is 13.2. The Morgan fingerprint density at radius 2 is 1.91 bits per heavy atom. The molecule has 33 heavy (non-hydrogen) atoms. The van der Waals surface area contributed by atoms with E-state index in [1.807, 2.05) is 25.5 Å². The van der Waals surface area contributed by atoms with Gasteiger partial charge in [0.15, 0.2) is 0 Å². The molecule has 1 aliphatic rings. The highest BCUT2D eigenvalue weighted by atomic mass is 32.2. The molecule has 0 unspecified atom stereocenters. The number of benzene rings is 1. The number of anilines is 1. The molecule has 182 valence electrons. The van der Waals surface area contributed by atoms with E-state index in [4.69, 9.17) is 4.74 Å². The molecule has 1 N–H and O–H groups in total. The van der Waals surface area contributed by atoms with Gasteiger partial charge in [-0.05, 0) is 69.7 Å². The fourth-order valence-electron chi connectivity index (χ4n) is 4.21. The van der Waals surface area contributed by atoms with Crippen LogP contribution in [0.5, 0.6) is 5.75 Å². The molecule has 0 aliphatic carbocycles. The predicted octanol–water partition coefficient (Wildman–Crippen LogP) is 3.91. The number of nitrogens with zero attached hydrogens (tertiary/aromatic N) is 3. The van der Waals surface area contributed by atoms with E-state index >= 15 is 0 Å². The lowest BCUT2D eigenvalue weighted by molar-refractivity contribution is -0.116. The predicted molar refractivity (Wildman–Crippen MR) is 129 cm³/mol. The second-order valence-corrected chi connectivity index (χ2v) is 10.9. The molecule has 0 spiro atoms. The Kier molecular flexibility index (Phi) is 8.18. The number of hydrogen-bond acceptors (Lipinski definition) is 5. The van der Waals surface area contributed by atoms with Gasteiger partial charge < -0.3 is 10.1 Å². The first-order valence-corrected chi connectivity index (χ1v) is 13.2. The Morgan fingerprint density at radius 3 is 2.55 bits per heavy atom. The van der Waals surface area contributed by atoms with E-state index in [2.05, 4.69) is 24.3 Å². The largest absolute Gasteiger partial charge is 0.492 e. The minimum absolute atomic E-state index is 0.103. The van der Waals surface area contributed by atoms with Gasteiger partial charge in [-0.25, -0.2) is 8.42 Å². The fourth-order valence-corrected chi connectivity index (χ4v) is 5.89. The highest BCUT2D eigenvalue weighted by Gasteiger charge is 2.30. The molecule has 1 aromatic heterocycles. The van der Waals surface area contributed by atoms with Crippen LogP contribution in [0.25, 0.3) is 0 Å². The van der Waals surface area contributed by atoms with Gasteiger partial charge in [-0.1, -0.05) is 13.8 Å². The number of ether oxygens (including phenoxy) is 1. The summed E-state index contributed by atoms with van der Waals surface area (Å²) in [6.07, 6.45) is 2.58. The molecule has 1 aliphatic heterocycles. The van der Waals surface area contributed by atoms with Crippen molar-refractivity contribution in [3.05, 3.63) is 35.2 Å². The van der Waals surface area contributed by atoms with Crippen molar-refractivity contribution in [1.82, 2.24) is 14.1 Å². The van der Waals surface area contributed by atoms with Gasteiger partial charge in [0.1, 0.15) is 10.6 Å². The number of nitrogens with one attached hydrogen (secondary N) is 1. The Hall–Kier alpha value is -2.39. The number of aryl methyl sites for hydroxylation is 1. The number of sulfonamides is 1. The van der Waals surface area contributed by atoms with Crippen molar-refractivity contribution in [2.45, 2.75) is 71.7 Å². The van der Waals surface area contributed by atoms with Gasteiger partial charge in [0, 0.05) is 37.4 Å². The highest BCUT2D eigenvalue weighted by Crippen LogP contribution is 2.31. The molecule has 9 heteroatoms. The summed E-state index contributed by atoms with van der Waals surface area (Å²) in [7, 11) is -3.68. The first-order valence-electron chi connectivity index (χ1n) is 11.7. The van der Waals surface area contributed by atoms with Gasteiger partial charge in [0.2, 0.25) is 15.9 Å². The normalized spacial score (nSPS) is 14.7. The van der Waals surface area contributed by atoms with Crippen LogP contribution in [0.4, 0.5) is 5.69 Å². The second-order valence-electron chi connectivity index (χ2n) is 8.98. The number of carbonyl (C=O) groups excluding carboxylic acids is 1. The van der Waals surface area contributed by atoms with Crippen LogP contribution in [0.3, 0.4) is 0 Å².